The molecule has 1 rings (SSSR count). The molecule has 0 aliphatic rings. The summed E-state index contributed by atoms with van der Waals surface area (Å²) in [6.07, 6.45) is 2.99. The molecule has 1 unspecified atom stereocenters. The molecule has 1 atom stereocenters. The fourth-order valence-electron chi connectivity index (χ4n) is 1.67. The molecule has 1 aromatic carbocycles. The molecule has 0 saturated carbocycles. The molecule has 1 N–H and O–H groups in total. The van der Waals surface area contributed by atoms with Crippen molar-refractivity contribution in [2.24, 2.45) is 0 Å². The van der Waals surface area contributed by atoms with Gasteiger partial charge in [-0.15, -0.1) is 0 Å². The molecule has 4 heteroatoms. The number of benzene rings is 1. The number of rotatable bonds is 5. The minimum Gasteiger partial charge on any atom is -0.307 e. The molecule has 100 valence electrons. The highest BCUT2D eigenvalue weighted by Crippen LogP contribution is 2.29. The smallest absolute Gasteiger partial charge is 0.173 e. The maximum atomic E-state index is 13.5. The Morgan fingerprint density at radius 1 is 1.39 bits per heavy atom. The van der Waals surface area contributed by atoms with Crippen LogP contribution in [0.15, 0.2) is 28.3 Å². The average molecular weight is 318 g/mol. The quantitative estimate of drug-likeness (QED) is 0.611. The van der Waals surface area contributed by atoms with Crippen LogP contribution in [-0.2, 0) is 0 Å². The van der Waals surface area contributed by atoms with E-state index < -0.39 is 11.6 Å². The van der Waals surface area contributed by atoms with Gasteiger partial charge in [0.25, 0.3) is 0 Å². The fourth-order valence-corrected chi connectivity index (χ4v) is 2.24. The maximum absolute atomic E-state index is 13.5. The van der Waals surface area contributed by atoms with E-state index in [1.54, 1.807) is 6.07 Å². The first-order valence-corrected chi connectivity index (χ1v) is 6.78. The van der Waals surface area contributed by atoms with Crippen LogP contribution < -0.4 is 5.32 Å². The SMILES string of the molecule is CCCNC(C=C(C)C)c1ccc(F)c(F)c1Br. The number of hydrogen-bond acceptors (Lipinski definition) is 1. The van der Waals surface area contributed by atoms with Crippen LogP contribution in [0.5, 0.6) is 0 Å². The second-order valence-electron chi connectivity index (χ2n) is 4.44. The number of allylic oxidation sites excluding steroid dienone is 1. The highest BCUT2D eigenvalue weighted by atomic mass is 79.9. The van der Waals surface area contributed by atoms with E-state index in [4.69, 9.17) is 0 Å². The van der Waals surface area contributed by atoms with Gasteiger partial charge in [-0.05, 0) is 54.4 Å². The lowest BCUT2D eigenvalue weighted by Gasteiger charge is -2.18. The van der Waals surface area contributed by atoms with E-state index in [2.05, 4.69) is 28.2 Å². The molecule has 0 fully saturated rings. The van der Waals surface area contributed by atoms with Gasteiger partial charge in [0.05, 0.1) is 10.5 Å². The van der Waals surface area contributed by atoms with Crippen LogP contribution in [0, 0.1) is 11.6 Å². The zero-order valence-corrected chi connectivity index (χ0v) is 12.4. The Hall–Kier alpha value is -0.740. The molecule has 0 saturated heterocycles. The molecule has 1 nitrogen and oxygen atoms in total. The van der Waals surface area contributed by atoms with E-state index in [1.165, 1.54) is 0 Å². The molecule has 0 spiro atoms. The van der Waals surface area contributed by atoms with Gasteiger partial charge in [0.2, 0.25) is 0 Å². The van der Waals surface area contributed by atoms with Crippen LogP contribution in [0.3, 0.4) is 0 Å². The molecule has 0 aliphatic heterocycles. The van der Waals surface area contributed by atoms with Gasteiger partial charge in [-0.2, -0.15) is 0 Å². The largest absolute Gasteiger partial charge is 0.307 e. The van der Waals surface area contributed by atoms with Gasteiger partial charge in [0, 0.05) is 0 Å². The van der Waals surface area contributed by atoms with Gasteiger partial charge in [-0.1, -0.05) is 24.6 Å². The third-order valence-corrected chi connectivity index (χ3v) is 3.32. The zero-order valence-electron chi connectivity index (χ0n) is 10.9. The zero-order chi connectivity index (χ0) is 13.7. The first kappa shape index (κ1) is 15.3. The van der Waals surface area contributed by atoms with E-state index in [9.17, 15) is 8.78 Å². The Bertz CT molecular complexity index is 440. The molecule has 0 heterocycles. The van der Waals surface area contributed by atoms with Crippen molar-refractivity contribution in [3.05, 3.63) is 45.5 Å². The van der Waals surface area contributed by atoms with Crippen molar-refractivity contribution in [3.63, 3.8) is 0 Å². The van der Waals surface area contributed by atoms with Crippen molar-refractivity contribution >= 4 is 15.9 Å². The van der Waals surface area contributed by atoms with Crippen molar-refractivity contribution in [2.45, 2.75) is 33.2 Å². The molecular weight excluding hydrogens is 300 g/mol. The van der Waals surface area contributed by atoms with E-state index in [-0.39, 0.29) is 10.5 Å². The summed E-state index contributed by atoms with van der Waals surface area (Å²) < 4.78 is 26.8. The van der Waals surface area contributed by atoms with Gasteiger partial charge in [-0.25, -0.2) is 8.78 Å². The molecule has 18 heavy (non-hydrogen) atoms. The monoisotopic (exact) mass is 317 g/mol. The van der Waals surface area contributed by atoms with Crippen LogP contribution in [-0.4, -0.2) is 6.54 Å². The minimum atomic E-state index is -0.836. The van der Waals surface area contributed by atoms with Crippen molar-refractivity contribution in [1.29, 1.82) is 0 Å². The van der Waals surface area contributed by atoms with E-state index in [0.29, 0.717) is 5.56 Å². The van der Waals surface area contributed by atoms with E-state index in [0.717, 1.165) is 24.6 Å². The van der Waals surface area contributed by atoms with Crippen LogP contribution in [0.25, 0.3) is 0 Å². The Morgan fingerprint density at radius 3 is 2.61 bits per heavy atom. The van der Waals surface area contributed by atoms with Gasteiger partial charge < -0.3 is 5.32 Å². The fraction of sp³-hybridized carbons (Fsp3) is 0.429. The molecule has 0 aromatic heterocycles. The summed E-state index contributed by atoms with van der Waals surface area (Å²) in [4.78, 5) is 0. The van der Waals surface area contributed by atoms with E-state index >= 15 is 0 Å². The maximum Gasteiger partial charge on any atom is 0.173 e. The highest BCUT2D eigenvalue weighted by molar-refractivity contribution is 9.10. The Kier molecular flexibility index (Phi) is 5.96. The van der Waals surface area contributed by atoms with Crippen LogP contribution in [0.4, 0.5) is 8.78 Å². The molecule has 0 radical (unpaired) electrons. The molecule has 0 bridgehead atoms. The van der Waals surface area contributed by atoms with Crippen molar-refractivity contribution < 1.29 is 8.78 Å². The summed E-state index contributed by atoms with van der Waals surface area (Å²) in [5.41, 5.74) is 1.84. The molecule has 0 aliphatic carbocycles. The first-order chi connectivity index (χ1) is 8.47. The molecular formula is C14H18BrF2N. The van der Waals surface area contributed by atoms with Crippen molar-refractivity contribution in [2.75, 3.05) is 6.54 Å². The normalized spacial score (nSPS) is 12.3. The Balaban J connectivity index is 3.12. The lowest BCUT2D eigenvalue weighted by Crippen LogP contribution is -2.21. The van der Waals surface area contributed by atoms with E-state index in [1.807, 2.05) is 19.9 Å². The summed E-state index contributed by atoms with van der Waals surface area (Å²) in [6.45, 7) is 6.84. The van der Waals surface area contributed by atoms with Crippen LogP contribution in [0.1, 0.15) is 38.8 Å². The Labute approximate surface area is 115 Å². The van der Waals surface area contributed by atoms with Gasteiger partial charge in [-0.3, -0.25) is 0 Å². The lowest BCUT2D eigenvalue weighted by atomic mass is 10.0. The summed E-state index contributed by atoms with van der Waals surface area (Å²) >= 11 is 3.13. The number of nitrogens with one attached hydrogen (secondary N) is 1. The predicted molar refractivity (Wildman–Crippen MR) is 74.5 cm³/mol. The van der Waals surface area contributed by atoms with Gasteiger partial charge in [0.15, 0.2) is 11.6 Å². The van der Waals surface area contributed by atoms with Gasteiger partial charge >= 0.3 is 0 Å². The van der Waals surface area contributed by atoms with Crippen molar-refractivity contribution in [3.8, 4) is 0 Å². The number of hydrogen-bond donors (Lipinski definition) is 1. The number of halogens is 3. The molecule has 0 amide bonds. The minimum absolute atomic E-state index is 0.112. The molecule has 1 aromatic rings. The van der Waals surface area contributed by atoms with Crippen LogP contribution >= 0.6 is 15.9 Å². The summed E-state index contributed by atoms with van der Waals surface area (Å²) in [7, 11) is 0. The second kappa shape index (κ2) is 7.00. The highest BCUT2D eigenvalue weighted by Gasteiger charge is 2.16. The van der Waals surface area contributed by atoms with Crippen molar-refractivity contribution in [1.82, 2.24) is 5.32 Å². The average Bonchev–Trinajstić information content (AvgIpc) is 2.31. The Morgan fingerprint density at radius 2 is 2.06 bits per heavy atom. The predicted octanol–water partition coefficient (Wildman–Crippen LogP) is 4.73. The first-order valence-electron chi connectivity index (χ1n) is 5.99. The standard InChI is InChI=1S/C14H18BrF2N/c1-4-7-18-12(8-9(2)3)10-5-6-11(16)14(17)13(10)15/h5-6,8,12,18H,4,7H2,1-3H3. The third-order valence-electron chi connectivity index (χ3n) is 2.51. The lowest BCUT2D eigenvalue weighted by molar-refractivity contribution is 0.498. The van der Waals surface area contributed by atoms with Gasteiger partial charge in [0.1, 0.15) is 0 Å². The topological polar surface area (TPSA) is 12.0 Å². The third kappa shape index (κ3) is 3.89. The summed E-state index contributed by atoms with van der Waals surface area (Å²) in [5, 5.41) is 3.31. The summed E-state index contributed by atoms with van der Waals surface area (Å²) in [5.74, 6) is -1.67. The summed E-state index contributed by atoms with van der Waals surface area (Å²) in [6, 6.07) is 2.66. The second-order valence-corrected chi connectivity index (χ2v) is 5.23. The van der Waals surface area contributed by atoms with Crippen LogP contribution in [0.2, 0.25) is 0 Å².